The number of piperidine rings is 1. The van der Waals surface area contributed by atoms with Crippen molar-refractivity contribution in [2.24, 2.45) is 22.2 Å². The predicted octanol–water partition coefficient (Wildman–Crippen LogP) is 0.393. The first-order valence-electron chi connectivity index (χ1n) is 5.13. The number of rotatable bonds is 1. The number of aliphatic hydroxyl groups is 2. The molecule has 0 radical (unpaired) electrons. The molecule has 5 heteroatoms. The molecule has 1 saturated heterocycles. The Balaban J connectivity index is 2.16. The van der Waals surface area contributed by atoms with E-state index in [0.29, 0.717) is 12.0 Å². The minimum atomic E-state index is -1.25. The maximum Gasteiger partial charge on any atom is 0.156 e. The van der Waals surface area contributed by atoms with Gasteiger partial charge in [-0.3, -0.25) is 5.01 Å². The summed E-state index contributed by atoms with van der Waals surface area (Å²) in [5.74, 6) is 0.193. The van der Waals surface area contributed by atoms with Crippen LogP contribution in [0.2, 0.25) is 0 Å². The van der Waals surface area contributed by atoms with Gasteiger partial charge in [-0.1, -0.05) is 12.1 Å². The molecular formula is C9H17N3O2. The molecule has 1 fully saturated rings. The molecule has 14 heavy (non-hydrogen) atoms. The first kappa shape index (κ1) is 9.86. The van der Waals surface area contributed by atoms with Gasteiger partial charge in [-0.05, 0) is 19.3 Å². The average Bonchev–Trinajstić information content (AvgIpc) is 2.50. The summed E-state index contributed by atoms with van der Waals surface area (Å²) in [4.78, 5) is 0. The zero-order valence-corrected chi connectivity index (χ0v) is 8.54. The van der Waals surface area contributed by atoms with Crippen LogP contribution in [0, 0.1) is 11.8 Å². The van der Waals surface area contributed by atoms with Gasteiger partial charge in [0.2, 0.25) is 0 Å². The highest BCUT2D eigenvalue weighted by Crippen LogP contribution is 2.36. The van der Waals surface area contributed by atoms with E-state index in [1.807, 2.05) is 11.9 Å². The first-order valence-corrected chi connectivity index (χ1v) is 5.13. The van der Waals surface area contributed by atoms with Crippen LogP contribution in [-0.2, 0) is 0 Å². The molecule has 0 aromatic heterocycles. The Morgan fingerprint density at radius 3 is 2.71 bits per heavy atom. The number of nitrogens with zero attached hydrogens (tertiary/aromatic N) is 3. The van der Waals surface area contributed by atoms with Gasteiger partial charge in [-0.2, -0.15) is 5.11 Å². The van der Waals surface area contributed by atoms with Crippen LogP contribution in [0.5, 0.6) is 0 Å². The molecule has 4 unspecified atom stereocenters. The third-order valence-electron chi connectivity index (χ3n) is 3.45. The van der Waals surface area contributed by atoms with Gasteiger partial charge < -0.3 is 10.2 Å². The molecule has 0 saturated carbocycles. The third kappa shape index (κ3) is 1.40. The number of hydrogen-bond donors (Lipinski definition) is 2. The van der Waals surface area contributed by atoms with Crippen LogP contribution in [0.25, 0.3) is 0 Å². The van der Waals surface area contributed by atoms with E-state index in [4.69, 9.17) is 0 Å². The maximum absolute atomic E-state index is 9.29. The van der Waals surface area contributed by atoms with Crippen LogP contribution >= 0.6 is 0 Å². The first-order chi connectivity index (χ1) is 6.61. The molecule has 2 aliphatic rings. The molecule has 2 aliphatic heterocycles. The fraction of sp³-hybridized carbons (Fsp3) is 1.00. The lowest BCUT2D eigenvalue weighted by Gasteiger charge is -2.43. The number of hydrogen-bond acceptors (Lipinski definition) is 5. The Morgan fingerprint density at radius 1 is 1.36 bits per heavy atom. The molecule has 5 nitrogen and oxygen atoms in total. The van der Waals surface area contributed by atoms with Crippen LogP contribution < -0.4 is 0 Å². The summed E-state index contributed by atoms with van der Waals surface area (Å²) < 4.78 is 0. The van der Waals surface area contributed by atoms with Gasteiger partial charge >= 0.3 is 0 Å². The molecule has 2 rings (SSSR count). The molecule has 4 atom stereocenters. The summed E-state index contributed by atoms with van der Waals surface area (Å²) >= 11 is 0. The zero-order chi connectivity index (χ0) is 10.3. The van der Waals surface area contributed by atoms with Crippen molar-refractivity contribution < 1.29 is 10.2 Å². The van der Waals surface area contributed by atoms with Crippen molar-refractivity contribution in [1.82, 2.24) is 5.01 Å². The maximum atomic E-state index is 9.29. The van der Waals surface area contributed by atoms with Crippen molar-refractivity contribution in [3.8, 4) is 0 Å². The second-order valence-corrected chi connectivity index (χ2v) is 4.39. The topological polar surface area (TPSA) is 68.4 Å². The van der Waals surface area contributed by atoms with E-state index in [9.17, 15) is 10.2 Å². The van der Waals surface area contributed by atoms with Gasteiger partial charge in [0, 0.05) is 5.92 Å². The van der Waals surface area contributed by atoms with Crippen molar-refractivity contribution in [3.63, 3.8) is 0 Å². The number of aliphatic hydroxyl groups excluding tert-OH is 1. The van der Waals surface area contributed by atoms with E-state index in [2.05, 4.69) is 17.3 Å². The monoisotopic (exact) mass is 199 g/mol. The Hall–Kier alpha value is -0.680. The molecule has 0 amide bonds. The lowest BCUT2D eigenvalue weighted by atomic mass is 9.78. The Morgan fingerprint density at radius 2 is 2.07 bits per heavy atom. The molecule has 0 aromatic carbocycles. The van der Waals surface area contributed by atoms with Gasteiger partial charge in [-0.25, -0.2) is 0 Å². The van der Waals surface area contributed by atoms with E-state index in [1.165, 1.54) is 0 Å². The summed E-state index contributed by atoms with van der Waals surface area (Å²) in [5, 5.41) is 28.5. The summed E-state index contributed by atoms with van der Waals surface area (Å²) in [7, 11) is 0. The van der Waals surface area contributed by atoms with Crippen LogP contribution in [0.1, 0.15) is 20.3 Å². The molecule has 0 spiro atoms. The molecule has 0 bridgehead atoms. The van der Waals surface area contributed by atoms with E-state index >= 15 is 0 Å². The van der Waals surface area contributed by atoms with Crippen LogP contribution in [0.15, 0.2) is 10.3 Å². The molecule has 0 aliphatic carbocycles. The Labute approximate surface area is 83.4 Å². The second kappa shape index (κ2) is 3.47. The Kier molecular flexibility index (Phi) is 2.45. The normalized spacial score (nSPS) is 41.9. The van der Waals surface area contributed by atoms with Crippen LogP contribution in [-0.4, -0.2) is 40.1 Å². The lowest BCUT2D eigenvalue weighted by molar-refractivity contribution is -0.140. The average molecular weight is 199 g/mol. The highest BCUT2D eigenvalue weighted by Gasteiger charge is 2.43. The lowest BCUT2D eigenvalue weighted by Crippen LogP contribution is -2.52. The molecule has 0 aromatic rings. The zero-order valence-electron chi connectivity index (χ0n) is 8.54. The summed E-state index contributed by atoms with van der Waals surface area (Å²) in [6.45, 7) is 4.80. The largest absolute Gasteiger partial charge is 0.368 e. The van der Waals surface area contributed by atoms with Gasteiger partial charge in [0.15, 0.2) is 6.29 Å². The van der Waals surface area contributed by atoms with E-state index in [1.54, 1.807) is 0 Å². The fourth-order valence-corrected chi connectivity index (χ4v) is 2.74. The highest BCUT2D eigenvalue weighted by molar-refractivity contribution is 4.92. The number of fused-ring (bicyclic) bond motifs is 1. The Bertz CT molecular complexity index is 244. The predicted molar refractivity (Wildman–Crippen MR) is 50.3 cm³/mol. The van der Waals surface area contributed by atoms with Gasteiger partial charge in [0.1, 0.15) is 0 Å². The van der Waals surface area contributed by atoms with Crippen molar-refractivity contribution in [2.45, 2.75) is 38.6 Å². The van der Waals surface area contributed by atoms with Crippen LogP contribution in [0.3, 0.4) is 0 Å². The minimum Gasteiger partial charge on any atom is -0.368 e. The molecule has 80 valence electrons. The summed E-state index contributed by atoms with van der Waals surface area (Å²) in [6, 6.07) is 0.435. The standard InChI is InChI=1S/C9H17N3O2/c1-5-3-7-4-10-11-12(7)6(2)8(5)9(13)14/h5-9,13-14H,3-4H2,1-2H3. The van der Waals surface area contributed by atoms with Gasteiger partial charge in [0.05, 0.1) is 18.6 Å². The molecular weight excluding hydrogens is 182 g/mol. The van der Waals surface area contributed by atoms with Gasteiger partial charge in [0.25, 0.3) is 0 Å². The van der Waals surface area contributed by atoms with E-state index < -0.39 is 6.29 Å². The third-order valence-corrected chi connectivity index (χ3v) is 3.45. The highest BCUT2D eigenvalue weighted by atomic mass is 16.5. The van der Waals surface area contributed by atoms with E-state index in [-0.39, 0.29) is 12.0 Å². The smallest absolute Gasteiger partial charge is 0.156 e. The summed E-state index contributed by atoms with van der Waals surface area (Å²) in [6.07, 6.45) is -0.309. The van der Waals surface area contributed by atoms with Crippen molar-refractivity contribution in [1.29, 1.82) is 0 Å². The molecule has 2 N–H and O–H groups in total. The van der Waals surface area contributed by atoms with Crippen LogP contribution in [0.4, 0.5) is 0 Å². The fourth-order valence-electron chi connectivity index (χ4n) is 2.74. The second-order valence-electron chi connectivity index (χ2n) is 4.39. The quantitative estimate of drug-likeness (QED) is 0.600. The van der Waals surface area contributed by atoms with Crippen molar-refractivity contribution in [2.75, 3.05) is 6.54 Å². The molecule has 2 heterocycles. The van der Waals surface area contributed by atoms with Crippen molar-refractivity contribution >= 4 is 0 Å². The van der Waals surface area contributed by atoms with Gasteiger partial charge in [-0.15, -0.1) is 0 Å². The summed E-state index contributed by atoms with van der Waals surface area (Å²) in [5.41, 5.74) is 0. The minimum absolute atomic E-state index is 0.0648. The SMILES string of the molecule is CC1CC2CN=NN2C(C)C1C(O)O. The van der Waals surface area contributed by atoms with E-state index in [0.717, 1.165) is 13.0 Å². The van der Waals surface area contributed by atoms with Crippen molar-refractivity contribution in [3.05, 3.63) is 0 Å².